The lowest BCUT2D eigenvalue weighted by molar-refractivity contribution is 0.102. The zero-order valence-electron chi connectivity index (χ0n) is 15.4. The van der Waals surface area contributed by atoms with Crippen molar-refractivity contribution in [1.29, 1.82) is 0 Å². The van der Waals surface area contributed by atoms with Crippen molar-refractivity contribution in [3.63, 3.8) is 0 Å². The Morgan fingerprint density at radius 1 is 1.12 bits per heavy atom. The minimum atomic E-state index is -0.151. The summed E-state index contributed by atoms with van der Waals surface area (Å²) in [5, 5.41) is 2.93. The van der Waals surface area contributed by atoms with Crippen LogP contribution in [0.2, 0.25) is 0 Å². The number of ether oxygens (including phenoxy) is 1. The number of hydrogen-bond donors (Lipinski definition) is 1. The number of rotatable bonds is 6. The standard InChI is InChI=1S/C20H26N4O2/c1-3-23(4-2)18-8-6-17(7-9-18)22-20(25)16-5-10-19(21-15-16)24-11-13-26-14-12-24/h5-10,15H,3-4,11-14H2,1-2H3,(H,22,25). The third-order valence-electron chi connectivity index (χ3n) is 4.60. The van der Waals surface area contributed by atoms with Crippen LogP contribution in [0, 0.1) is 0 Å². The summed E-state index contributed by atoms with van der Waals surface area (Å²) >= 11 is 0. The fraction of sp³-hybridized carbons (Fsp3) is 0.400. The molecule has 0 bridgehead atoms. The van der Waals surface area contributed by atoms with Gasteiger partial charge in [-0.15, -0.1) is 0 Å². The van der Waals surface area contributed by atoms with E-state index in [1.807, 2.05) is 36.4 Å². The number of nitrogens with zero attached hydrogens (tertiary/aromatic N) is 3. The summed E-state index contributed by atoms with van der Waals surface area (Å²) in [4.78, 5) is 21.3. The summed E-state index contributed by atoms with van der Waals surface area (Å²) in [5.74, 6) is 0.732. The highest BCUT2D eigenvalue weighted by atomic mass is 16.5. The molecule has 1 aromatic carbocycles. The molecule has 2 aromatic rings. The minimum absolute atomic E-state index is 0.151. The number of carbonyl (C=O) groups is 1. The van der Waals surface area contributed by atoms with Crippen molar-refractivity contribution in [2.75, 3.05) is 54.5 Å². The molecule has 0 radical (unpaired) electrons. The average Bonchev–Trinajstić information content (AvgIpc) is 2.71. The smallest absolute Gasteiger partial charge is 0.257 e. The Bertz CT molecular complexity index is 706. The Balaban J connectivity index is 1.62. The number of carbonyl (C=O) groups excluding carboxylic acids is 1. The van der Waals surface area contributed by atoms with Gasteiger partial charge in [0, 0.05) is 43.8 Å². The molecule has 0 aliphatic carbocycles. The molecule has 6 heteroatoms. The van der Waals surface area contributed by atoms with Crippen molar-refractivity contribution in [2.45, 2.75) is 13.8 Å². The van der Waals surface area contributed by atoms with Gasteiger partial charge in [-0.1, -0.05) is 0 Å². The number of nitrogens with one attached hydrogen (secondary N) is 1. The molecule has 0 spiro atoms. The Morgan fingerprint density at radius 3 is 2.38 bits per heavy atom. The second-order valence-electron chi connectivity index (χ2n) is 6.18. The maximum absolute atomic E-state index is 12.4. The summed E-state index contributed by atoms with van der Waals surface area (Å²) in [6, 6.07) is 11.6. The molecule has 0 saturated carbocycles. The number of amides is 1. The second-order valence-corrected chi connectivity index (χ2v) is 6.18. The number of aromatic nitrogens is 1. The van der Waals surface area contributed by atoms with Crippen molar-refractivity contribution in [2.24, 2.45) is 0 Å². The van der Waals surface area contributed by atoms with E-state index in [-0.39, 0.29) is 5.91 Å². The molecule has 1 fully saturated rings. The number of pyridine rings is 1. The number of morpholine rings is 1. The van der Waals surface area contributed by atoms with E-state index in [4.69, 9.17) is 4.74 Å². The van der Waals surface area contributed by atoms with E-state index < -0.39 is 0 Å². The predicted octanol–water partition coefficient (Wildman–Crippen LogP) is 3.02. The van der Waals surface area contributed by atoms with Crippen molar-refractivity contribution >= 4 is 23.1 Å². The van der Waals surface area contributed by atoms with Gasteiger partial charge in [0.25, 0.3) is 5.91 Å². The van der Waals surface area contributed by atoms with Crippen LogP contribution in [0.1, 0.15) is 24.2 Å². The molecule has 26 heavy (non-hydrogen) atoms. The first kappa shape index (κ1) is 18.2. The molecule has 1 saturated heterocycles. The quantitative estimate of drug-likeness (QED) is 0.864. The lowest BCUT2D eigenvalue weighted by Crippen LogP contribution is -2.36. The second kappa shape index (κ2) is 8.67. The Morgan fingerprint density at radius 2 is 1.81 bits per heavy atom. The molecule has 1 N–H and O–H groups in total. The molecular formula is C20H26N4O2. The molecule has 0 atom stereocenters. The zero-order valence-corrected chi connectivity index (χ0v) is 15.4. The average molecular weight is 354 g/mol. The van der Waals surface area contributed by atoms with Crippen LogP contribution >= 0.6 is 0 Å². The monoisotopic (exact) mass is 354 g/mol. The van der Waals surface area contributed by atoms with Gasteiger partial charge >= 0.3 is 0 Å². The summed E-state index contributed by atoms with van der Waals surface area (Å²) in [6.07, 6.45) is 1.63. The van der Waals surface area contributed by atoms with Gasteiger partial charge in [0.15, 0.2) is 0 Å². The largest absolute Gasteiger partial charge is 0.378 e. The number of hydrogen-bond acceptors (Lipinski definition) is 5. The van der Waals surface area contributed by atoms with Crippen LogP contribution in [0.15, 0.2) is 42.6 Å². The highest BCUT2D eigenvalue weighted by molar-refractivity contribution is 6.04. The Labute approximate surface area is 154 Å². The summed E-state index contributed by atoms with van der Waals surface area (Å²) in [7, 11) is 0. The van der Waals surface area contributed by atoms with Gasteiger partial charge in [0.1, 0.15) is 5.82 Å². The van der Waals surface area contributed by atoms with Gasteiger partial charge in [0.2, 0.25) is 0 Å². The van der Waals surface area contributed by atoms with E-state index in [2.05, 4.69) is 33.9 Å². The van der Waals surface area contributed by atoms with Crippen LogP contribution in [0.3, 0.4) is 0 Å². The normalized spacial score (nSPS) is 14.2. The predicted molar refractivity (Wildman–Crippen MR) is 105 cm³/mol. The van der Waals surface area contributed by atoms with Crippen LogP contribution in [-0.4, -0.2) is 50.3 Å². The summed E-state index contributed by atoms with van der Waals surface area (Å²) in [5.41, 5.74) is 2.49. The topological polar surface area (TPSA) is 57.7 Å². The molecule has 1 aromatic heterocycles. The Kier molecular flexibility index (Phi) is 6.07. The van der Waals surface area contributed by atoms with E-state index in [0.29, 0.717) is 18.8 Å². The van der Waals surface area contributed by atoms with Gasteiger partial charge in [-0.25, -0.2) is 4.98 Å². The van der Waals surface area contributed by atoms with Crippen LogP contribution in [-0.2, 0) is 4.74 Å². The zero-order chi connectivity index (χ0) is 18.4. The van der Waals surface area contributed by atoms with Crippen molar-refractivity contribution in [3.05, 3.63) is 48.2 Å². The molecular weight excluding hydrogens is 328 g/mol. The van der Waals surface area contributed by atoms with Crippen LogP contribution in [0.25, 0.3) is 0 Å². The number of anilines is 3. The van der Waals surface area contributed by atoms with Gasteiger partial charge < -0.3 is 19.9 Å². The molecule has 1 amide bonds. The van der Waals surface area contributed by atoms with Gasteiger partial charge in [-0.2, -0.15) is 0 Å². The van der Waals surface area contributed by atoms with Gasteiger partial charge in [0.05, 0.1) is 18.8 Å². The van der Waals surface area contributed by atoms with E-state index >= 15 is 0 Å². The van der Waals surface area contributed by atoms with Gasteiger partial charge in [-0.05, 0) is 50.2 Å². The first-order valence-electron chi connectivity index (χ1n) is 9.16. The van der Waals surface area contributed by atoms with Crippen LogP contribution in [0.4, 0.5) is 17.2 Å². The summed E-state index contributed by atoms with van der Waals surface area (Å²) < 4.78 is 5.35. The van der Waals surface area contributed by atoms with Crippen molar-refractivity contribution in [3.8, 4) is 0 Å². The van der Waals surface area contributed by atoms with Crippen molar-refractivity contribution in [1.82, 2.24) is 4.98 Å². The fourth-order valence-corrected chi connectivity index (χ4v) is 3.05. The first-order chi connectivity index (χ1) is 12.7. The maximum atomic E-state index is 12.4. The highest BCUT2D eigenvalue weighted by Crippen LogP contribution is 2.19. The molecule has 2 heterocycles. The van der Waals surface area contributed by atoms with Crippen LogP contribution in [0.5, 0.6) is 0 Å². The van der Waals surface area contributed by atoms with Crippen LogP contribution < -0.4 is 15.1 Å². The lowest BCUT2D eigenvalue weighted by Gasteiger charge is -2.27. The van der Waals surface area contributed by atoms with E-state index in [0.717, 1.165) is 43.4 Å². The third kappa shape index (κ3) is 4.32. The van der Waals surface area contributed by atoms with Crippen molar-refractivity contribution < 1.29 is 9.53 Å². The van der Waals surface area contributed by atoms with E-state index in [9.17, 15) is 4.79 Å². The summed E-state index contributed by atoms with van der Waals surface area (Å²) in [6.45, 7) is 9.28. The van der Waals surface area contributed by atoms with E-state index in [1.165, 1.54) is 0 Å². The minimum Gasteiger partial charge on any atom is -0.378 e. The highest BCUT2D eigenvalue weighted by Gasteiger charge is 2.13. The van der Waals surface area contributed by atoms with Gasteiger partial charge in [-0.3, -0.25) is 4.79 Å². The first-order valence-corrected chi connectivity index (χ1v) is 9.16. The molecule has 1 aliphatic rings. The molecule has 6 nitrogen and oxygen atoms in total. The molecule has 0 unspecified atom stereocenters. The third-order valence-corrected chi connectivity index (χ3v) is 4.60. The molecule has 138 valence electrons. The number of benzene rings is 1. The lowest BCUT2D eigenvalue weighted by atomic mass is 10.2. The SMILES string of the molecule is CCN(CC)c1ccc(NC(=O)c2ccc(N3CCOCC3)nc2)cc1. The Hall–Kier alpha value is -2.60. The maximum Gasteiger partial charge on any atom is 0.257 e. The molecule has 1 aliphatic heterocycles. The van der Waals surface area contributed by atoms with E-state index in [1.54, 1.807) is 6.20 Å². The fourth-order valence-electron chi connectivity index (χ4n) is 3.05. The molecule has 3 rings (SSSR count).